The Balaban J connectivity index is 1.37. The zero-order valence-corrected chi connectivity index (χ0v) is 18.1. The molecule has 1 saturated heterocycles. The summed E-state index contributed by atoms with van der Waals surface area (Å²) in [5.74, 6) is 0.340. The van der Waals surface area contributed by atoms with E-state index < -0.39 is 0 Å². The van der Waals surface area contributed by atoms with E-state index >= 15 is 0 Å². The molecule has 1 aliphatic heterocycles. The van der Waals surface area contributed by atoms with Gasteiger partial charge in [0.25, 0.3) is 5.91 Å². The summed E-state index contributed by atoms with van der Waals surface area (Å²) in [6.07, 6.45) is 3.33. The van der Waals surface area contributed by atoms with E-state index in [-0.39, 0.29) is 23.8 Å². The Hall–Kier alpha value is -3.12. The van der Waals surface area contributed by atoms with Crippen molar-refractivity contribution in [3.05, 3.63) is 77.2 Å². The second kappa shape index (κ2) is 9.35. The fourth-order valence-electron chi connectivity index (χ4n) is 3.87. The molecule has 31 heavy (non-hydrogen) atoms. The molecule has 1 aromatic heterocycles. The number of H-pyrrole nitrogens is 1. The Kier molecular flexibility index (Phi) is 6.37. The Morgan fingerprint density at radius 3 is 2.65 bits per heavy atom. The largest absolute Gasteiger partial charge is 0.346 e. The van der Waals surface area contributed by atoms with E-state index in [0.717, 1.165) is 24.1 Å². The number of hydrogen-bond acceptors (Lipinski definition) is 3. The molecule has 0 aliphatic carbocycles. The maximum absolute atomic E-state index is 12.9. The molecule has 1 aliphatic rings. The van der Waals surface area contributed by atoms with E-state index in [1.54, 1.807) is 35.4 Å². The van der Waals surface area contributed by atoms with Crippen LogP contribution in [0.2, 0.25) is 5.02 Å². The van der Waals surface area contributed by atoms with Crippen LogP contribution in [0.25, 0.3) is 11.3 Å². The number of amides is 2. The molecule has 2 amide bonds. The molecule has 2 N–H and O–H groups in total. The van der Waals surface area contributed by atoms with Gasteiger partial charge in [-0.3, -0.25) is 9.59 Å². The minimum Gasteiger partial charge on any atom is -0.346 e. The van der Waals surface area contributed by atoms with Crippen LogP contribution >= 0.6 is 11.6 Å². The van der Waals surface area contributed by atoms with Crippen LogP contribution in [0, 0.1) is 5.92 Å². The molecule has 0 spiro atoms. The standard InChI is InChI=1S/C24H25ClN4O2/c1-16(22-26-14-21(28-22)17-6-3-2-4-7-17)27-23(30)19-8-5-13-29(15-19)24(31)18-9-11-20(25)12-10-18/h2-4,6-7,9-12,14,16,19H,5,8,13,15H2,1H3,(H,26,28)(H,27,30). The summed E-state index contributed by atoms with van der Waals surface area (Å²) in [4.78, 5) is 35.2. The van der Waals surface area contributed by atoms with Crippen LogP contribution in [0.4, 0.5) is 0 Å². The van der Waals surface area contributed by atoms with Crippen molar-refractivity contribution < 1.29 is 9.59 Å². The predicted octanol–water partition coefficient (Wildman–Crippen LogP) is 4.46. The van der Waals surface area contributed by atoms with Gasteiger partial charge in [-0.2, -0.15) is 0 Å². The molecule has 0 bridgehead atoms. The predicted molar refractivity (Wildman–Crippen MR) is 121 cm³/mol. The quantitative estimate of drug-likeness (QED) is 0.619. The van der Waals surface area contributed by atoms with Crippen molar-refractivity contribution in [1.29, 1.82) is 0 Å². The van der Waals surface area contributed by atoms with Gasteiger partial charge in [-0.05, 0) is 49.6 Å². The highest BCUT2D eigenvalue weighted by molar-refractivity contribution is 6.30. The minimum atomic E-state index is -0.257. The van der Waals surface area contributed by atoms with Crippen LogP contribution in [0.5, 0.6) is 0 Å². The third kappa shape index (κ3) is 4.97. The van der Waals surface area contributed by atoms with Crippen LogP contribution in [-0.4, -0.2) is 39.8 Å². The Bertz CT molecular complexity index is 1050. The summed E-state index contributed by atoms with van der Waals surface area (Å²) in [5.41, 5.74) is 2.54. The molecular weight excluding hydrogens is 412 g/mol. The third-order valence-electron chi connectivity index (χ3n) is 5.62. The lowest BCUT2D eigenvalue weighted by Gasteiger charge is -2.32. The number of aromatic amines is 1. The first-order valence-corrected chi connectivity index (χ1v) is 10.8. The summed E-state index contributed by atoms with van der Waals surface area (Å²) in [5, 5.41) is 3.64. The number of likely N-dealkylation sites (tertiary alicyclic amines) is 1. The summed E-state index contributed by atoms with van der Waals surface area (Å²) >= 11 is 5.92. The first-order valence-electron chi connectivity index (χ1n) is 10.5. The average molecular weight is 437 g/mol. The lowest BCUT2D eigenvalue weighted by atomic mass is 9.96. The van der Waals surface area contributed by atoms with Gasteiger partial charge >= 0.3 is 0 Å². The summed E-state index contributed by atoms with van der Waals surface area (Å²) in [6, 6.07) is 16.5. The van der Waals surface area contributed by atoms with Gasteiger partial charge in [-0.25, -0.2) is 4.98 Å². The second-order valence-electron chi connectivity index (χ2n) is 7.88. The van der Waals surface area contributed by atoms with Gasteiger partial charge in [0.15, 0.2) is 0 Å². The molecule has 0 saturated carbocycles. The zero-order chi connectivity index (χ0) is 21.8. The lowest BCUT2D eigenvalue weighted by molar-refractivity contribution is -0.127. The number of carbonyl (C=O) groups excluding carboxylic acids is 2. The van der Waals surface area contributed by atoms with Crippen molar-refractivity contribution in [2.24, 2.45) is 5.92 Å². The molecule has 2 aromatic carbocycles. The smallest absolute Gasteiger partial charge is 0.253 e. The topological polar surface area (TPSA) is 78.1 Å². The van der Waals surface area contributed by atoms with E-state index in [9.17, 15) is 9.59 Å². The second-order valence-corrected chi connectivity index (χ2v) is 8.31. The van der Waals surface area contributed by atoms with Gasteiger partial charge in [0.1, 0.15) is 5.82 Å². The van der Waals surface area contributed by atoms with Crippen molar-refractivity contribution in [2.45, 2.75) is 25.8 Å². The maximum Gasteiger partial charge on any atom is 0.253 e. The van der Waals surface area contributed by atoms with Crippen molar-refractivity contribution in [2.75, 3.05) is 13.1 Å². The zero-order valence-electron chi connectivity index (χ0n) is 17.3. The molecule has 2 unspecified atom stereocenters. The number of nitrogens with one attached hydrogen (secondary N) is 2. The highest BCUT2D eigenvalue weighted by atomic mass is 35.5. The average Bonchev–Trinajstić information content (AvgIpc) is 3.30. The number of piperidine rings is 1. The summed E-state index contributed by atoms with van der Waals surface area (Å²) < 4.78 is 0. The molecule has 3 aromatic rings. The molecular formula is C24H25ClN4O2. The van der Waals surface area contributed by atoms with Gasteiger partial charge in [0.05, 0.1) is 23.9 Å². The normalized spacial score (nSPS) is 17.2. The highest BCUT2D eigenvalue weighted by Gasteiger charge is 2.30. The van der Waals surface area contributed by atoms with Gasteiger partial charge in [-0.1, -0.05) is 41.9 Å². The highest BCUT2D eigenvalue weighted by Crippen LogP contribution is 2.22. The number of rotatable bonds is 5. The van der Waals surface area contributed by atoms with Crippen molar-refractivity contribution >= 4 is 23.4 Å². The Labute approximate surface area is 186 Å². The summed E-state index contributed by atoms with van der Waals surface area (Å²) in [6.45, 7) is 2.97. The molecule has 160 valence electrons. The van der Waals surface area contributed by atoms with E-state index in [4.69, 9.17) is 11.6 Å². The SMILES string of the molecule is CC(NC(=O)C1CCCN(C(=O)c2ccc(Cl)cc2)C1)c1ncc(-c2ccccc2)[nH]1. The van der Waals surface area contributed by atoms with Crippen LogP contribution in [-0.2, 0) is 4.79 Å². The number of nitrogens with zero attached hydrogens (tertiary/aromatic N) is 2. The molecule has 2 atom stereocenters. The van der Waals surface area contributed by atoms with Crippen molar-refractivity contribution in [1.82, 2.24) is 20.2 Å². The minimum absolute atomic E-state index is 0.0567. The number of aromatic nitrogens is 2. The van der Waals surface area contributed by atoms with Crippen molar-refractivity contribution in [3.63, 3.8) is 0 Å². The number of carbonyl (C=O) groups is 2. The molecule has 6 nitrogen and oxygen atoms in total. The van der Waals surface area contributed by atoms with E-state index in [2.05, 4.69) is 15.3 Å². The Morgan fingerprint density at radius 2 is 1.90 bits per heavy atom. The van der Waals surface area contributed by atoms with Gasteiger partial charge < -0.3 is 15.2 Å². The fourth-order valence-corrected chi connectivity index (χ4v) is 4.00. The first-order chi connectivity index (χ1) is 15.0. The van der Waals surface area contributed by atoms with E-state index in [0.29, 0.717) is 29.5 Å². The molecule has 0 radical (unpaired) electrons. The molecule has 7 heteroatoms. The lowest BCUT2D eigenvalue weighted by Crippen LogP contribution is -2.46. The molecule has 1 fully saturated rings. The number of halogens is 1. The van der Waals surface area contributed by atoms with Crippen LogP contribution in [0.1, 0.15) is 42.0 Å². The van der Waals surface area contributed by atoms with E-state index in [1.165, 1.54) is 0 Å². The van der Waals surface area contributed by atoms with Gasteiger partial charge in [-0.15, -0.1) is 0 Å². The number of imidazole rings is 1. The van der Waals surface area contributed by atoms with Gasteiger partial charge in [0, 0.05) is 23.7 Å². The van der Waals surface area contributed by atoms with Gasteiger partial charge in [0.2, 0.25) is 5.91 Å². The first kappa shape index (κ1) is 21.1. The maximum atomic E-state index is 12.9. The number of hydrogen-bond donors (Lipinski definition) is 2. The van der Waals surface area contributed by atoms with Crippen LogP contribution in [0.3, 0.4) is 0 Å². The van der Waals surface area contributed by atoms with Crippen molar-refractivity contribution in [3.8, 4) is 11.3 Å². The third-order valence-corrected chi connectivity index (χ3v) is 5.87. The Morgan fingerprint density at radius 1 is 1.16 bits per heavy atom. The van der Waals surface area contributed by atoms with Crippen LogP contribution in [0.15, 0.2) is 60.8 Å². The monoisotopic (exact) mass is 436 g/mol. The number of benzene rings is 2. The summed E-state index contributed by atoms with van der Waals surface area (Å²) in [7, 11) is 0. The fraction of sp³-hybridized carbons (Fsp3) is 0.292. The van der Waals surface area contributed by atoms with Crippen LogP contribution < -0.4 is 5.32 Å². The molecule has 4 rings (SSSR count). The molecule has 2 heterocycles. The van der Waals surface area contributed by atoms with E-state index in [1.807, 2.05) is 37.3 Å².